The third-order valence-corrected chi connectivity index (χ3v) is 5.05. The van der Waals surface area contributed by atoms with E-state index < -0.39 is 0 Å². The molecule has 1 fully saturated rings. The quantitative estimate of drug-likeness (QED) is 0.707. The van der Waals surface area contributed by atoms with E-state index in [1.165, 1.54) is 5.39 Å². The maximum absolute atomic E-state index is 12.1. The minimum atomic E-state index is 0.0255. The average molecular weight is 339 g/mol. The standard InChI is InChI=1S/C20H19ClN2O/c21-18-7-3-1-5-14(18)16(12-23-20(24)13-9-10-13)17-11-22-19-8-4-2-6-15(17)19/h1-8,11,13,16,22H,9-10,12H2,(H,23,24)/t16-/m1/s1. The molecule has 1 saturated carbocycles. The molecule has 4 heteroatoms. The fourth-order valence-corrected chi connectivity index (χ4v) is 3.49. The van der Waals surface area contributed by atoms with Crippen molar-refractivity contribution in [2.45, 2.75) is 18.8 Å². The van der Waals surface area contributed by atoms with E-state index in [2.05, 4.69) is 22.4 Å². The second-order valence-corrected chi connectivity index (χ2v) is 6.79. The Morgan fingerprint density at radius 2 is 1.88 bits per heavy atom. The summed E-state index contributed by atoms with van der Waals surface area (Å²) >= 11 is 6.45. The average Bonchev–Trinajstić information content (AvgIpc) is 3.37. The van der Waals surface area contributed by atoms with Gasteiger partial charge in [0.1, 0.15) is 0 Å². The molecule has 122 valence electrons. The summed E-state index contributed by atoms with van der Waals surface area (Å²) in [5, 5.41) is 5.01. The van der Waals surface area contributed by atoms with Crippen molar-refractivity contribution in [1.82, 2.24) is 10.3 Å². The van der Waals surface area contributed by atoms with Gasteiger partial charge in [-0.3, -0.25) is 4.79 Å². The predicted octanol–water partition coefficient (Wildman–Crippen LogP) is 4.48. The molecule has 3 aromatic rings. The van der Waals surface area contributed by atoms with Crippen LogP contribution in [0.4, 0.5) is 0 Å². The number of hydrogen-bond acceptors (Lipinski definition) is 1. The summed E-state index contributed by atoms with van der Waals surface area (Å²) in [6.07, 6.45) is 4.05. The van der Waals surface area contributed by atoms with Crippen LogP contribution in [0.25, 0.3) is 10.9 Å². The molecule has 0 saturated heterocycles. The Hall–Kier alpha value is -2.26. The highest BCUT2D eigenvalue weighted by molar-refractivity contribution is 6.31. The summed E-state index contributed by atoms with van der Waals surface area (Å²) in [5.41, 5.74) is 3.30. The molecule has 2 N–H and O–H groups in total. The van der Waals surface area contributed by atoms with Crippen molar-refractivity contribution in [2.75, 3.05) is 6.54 Å². The number of carbonyl (C=O) groups is 1. The predicted molar refractivity (Wildman–Crippen MR) is 97.3 cm³/mol. The Bertz CT molecular complexity index is 882. The number of amides is 1. The van der Waals surface area contributed by atoms with Gasteiger partial charge in [-0.1, -0.05) is 48.0 Å². The lowest BCUT2D eigenvalue weighted by molar-refractivity contribution is -0.122. The molecule has 0 unspecified atom stereocenters. The van der Waals surface area contributed by atoms with Crippen LogP contribution in [0.1, 0.15) is 29.9 Å². The Morgan fingerprint density at radius 1 is 1.12 bits per heavy atom. The van der Waals surface area contributed by atoms with Gasteiger partial charge in [0.05, 0.1) is 0 Å². The molecule has 24 heavy (non-hydrogen) atoms. The Balaban J connectivity index is 1.72. The third-order valence-electron chi connectivity index (χ3n) is 4.71. The van der Waals surface area contributed by atoms with Crippen LogP contribution in [-0.4, -0.2) is 17.4 Å². The van der Waals surface area contributed by atoms with Crippen LogP contribution in [0.15, 0.2) is 54.7 Å². The number of para-hydroxylation sites is 1. The molecular formula is C20H19ClN2O. The largest absolute Gasteiger partial charge is 0.361 e. The van der Waals surface area contributed by atoms with E-state index in [-0.39, 0.29) is 17.7 Å². The molecule has 0 radical (unpaired) electrons. The summed E-state index contributed by atoms with van der Waals surface area (Å²) in [4.78, 5) is 15.4. The van der Waals surface area contributed by atoms with Crippen molar-refractivity contribution in [1.29, 1.82) is 0 Å². The van der Waals surface area contributed by atoms with Crippen molar-refractivity contribution >= 4 is 28.4 Å². The van der Waals surface area contributed by atoms with Crippen molar-refractivity contribution in [2.24, 2.45) is 5.92 Å². The monoisotopic (exact) mass is 338 g/mol. The maximum Gasteiger partial charge on any atom is 0.223 e. The van der Waals surface area contributed by atoms with Crippen LogP contribution in [-0.2, 0) is 4.79 Å². The van der Waals surface area contributed by atoms with Crippen molar-refractivity contribution < 1.29 is 4.79 Å². The van der Waals surface area contributed by atoms with Crippen LogP contribution in [0.3, 0.4) is 0 Å². The summed E-state index contributed by atoms with van der Waals surface area (Å²) in [7, 11) is 0. The molecule has 0 aliphatic heterocycles. The zero-order valence-electron chi connectivity index (χ0n) is 13.3. The molecule has 1 heterocycles. The number of aromatic amines is 1. The zero-order valence-corrected chi connectivity index (χ0v) is 14.0. The Kier molecular flexibility index (Phi) is 4.03. The SMILES string of the molecule is O=C(NC[C@H](c1ccccc1Cl)c1c[nH]c2ccccc12)C1CC1. The van der Waals surface area contributed by atoms with E-state index in [0.29, 0.717) is 6.54 Å². The highest BCUT2D eigenvalue weighted by Gasteiger charge is 2.30. The molecule has 1 aliphatic rings. The van der Waals surface area contributed by atoms with E-state index in [1.807, 2.05) is 42.6 Å². The summed E-state index contributed by atoms with van der Waals surface area (Å²) in [6, 6.07) is 16.1. The molecule has 1 atom stereocenters. The Labute approximate surface area is 146 Å². The summed E-state index contributed by atoms with van der Waals surface area (Å²) < 4.78 is 0. The number of carbonyl (C=O) groups excluding carboxylic acids is 1. The van der Waals surface area contributed by atoms with Gasteiger partial charge in [-0.15, -0.1) is 0 Å². The Morgan fingerprint density at radius 3 is 2.67 bits per heavy atom. The van der Waals surface area contributed by atoms with Gasteiger partial charge < -0.3 is 10.3 Å². The summed E-state index contributed by atoms with van der Waals surface area (Å²) in [5.74, 6) is 0.393. The van der Waals surface area contributed by atoms with E-state index in [0.717, 1.165) is 34.5 Å². The van der Waals surface area contributed by atoms with Gasteiger partial charge in [-0.05, 0) is 36.1 Å². The van der Waals surface area contributed by atoms with Crippen LogP contribution >= 0.6 is 11.6 Å². The van der Waals surface area contributed by atoms with Crippen molar-refractivity contribution in [3.05, 3.63) is 70.9 Å². The van der Waals surface area contributed by atoms with E-state index >= 15 is 0 Å². The van der Waals surface area contributed by atoms with Crippen LogP contribution in [0.2, 0.25) is 5.02 Å². The minimum Gasteiger partial charge on any atom is -0.361 e. The molecule has 2 aromatic carbocycles. The first-order chi connectivity index (χ1) is 11.7. The number of fused-ring (bicyclic) bond motifs is 1. The van der Waals surface area contributed by atoms with Gasteiger partial charge in [0.25, 0.3) is 0 Å². The third kappa shape index (κ3) is 2.92. The highest BCUT2D eigenvalue weighted by atomic mass is 35.5. The number of benzene rings is 2. The minimum absolute atomic E-state index is 0.0255. The molecule has 3 nitrogen and oxygen atoms in total. The van der Waals surface area contributed by atoms with Crippen LogP contribution in [0, 0.1) is 5.92 Å². The molecule has 1 aromatic heterocycles. The van der Waals surface area contributed by atoms with Gasteiger partial charge in [-0.2, -0.15) is 0 Å². The lowest BCUT2D eigenvalue weighted by atomic mass is 9.90. The molecular weight excluding hydrogens is 320 g/mol. The molecule has 4 rings (SSSR count). The molecule has 1 amide bonds. The lowest BCUT2D eigenvalue weighted by Crippen LogP contribution is -2.30. The number of H-pyrrole nitrogens is 1. The fraction of sp³-hybridized carbons (Fsp3) is 0.250. The van der Waals surface area contributed by atoms with Gasteiger partial charge in [0, 0.05) is 40.5 Å². The summed E-state index contributed by atoms with van der Waals surface area (Å²) in [6.45, 7) is 0.556. The number of hydrogen-bond donors (Lipinski definition) is 2. The van der Waals surface area contributed by atoms with Crippen LogP contribution in [0.5, 0.6) is 0 Å². The number of nitrogens with one attached hydrogen (secondary N) is 2. The first-order valence-corrected chi connectivity index (χ1v) is 8.70. The number of rotatable bonds is 5. The molecule has 0 bridgehead atoms. The number of aromatic nitrogens is 1. The maximum atomic E-state index is 12.1. The second-order valence-electron chi connectivity index (χ2n) is 6.38. The fourth-order valence-electron chi connectivity index (χ4n) is 3.22. The van der Waals surface area contributed by atoms with E-state index in [9.17, 15) is 4.79 Å². The van der Waals surface area contributed by atoms with Crippen molar-refractivity contribution in [3.8, 4) is 0 Å². The molecule has 1 aliphatic carbocycles. The second kappa shape index (κ2) is 6.33. The van der Waals surface area contributed by atoms with Gasteiger partial charge >= 0.3 is 0 Å². The normalized spacial score (nSPS) is 15.4. The van der Waals surface area contributed by atoms with E-state index in [1.54, 1.807) is 0 Å². The van der Waals surface area contributed by atoms with Gasteiger partial charge in [0.15, 0.2) is 0 Å². The van der Waals surface area contributed by atoms with Gasteiger partial charge in [-0.25, -0.2) is 0 Å². The first kappa shape index (κ1) is 15.3. The first-order valence-electron chi connectivity index (χ1n) is 8.32. The van der Waals surface area contributed by atoms with Crippen molar-refractivity contribution in [3.63, 3.8) is 0 Å². The molecule has 0 spiro atoms. The van der Waals surface area contributed by atoms with E-state index in [4.69, 9.17) is 11.6 Å². The lowest BCUT2D eigenvalue weighted by Gasteiger charge is -2.19. The zero-order chi connectivity index (χ0) is 16.5. The number of halogens is 1. The van der Waals surface area contributed by atoms with Gasteiger partial charge in [0.2, 0.25) is 5.91 Å². The smallest absolute Gasteiger partial charge is 0.223 e. The van der Waals surface area contributed by atoms with Crippen LogP contribution < -0.4 is 5.32 Å². The topological polar surface area (TPSA) is 44.9 Å². The highest BCUT2D eigenvalue weighted by Crippen LogP contribution is 2.34.